The van der Waals surface area contributed by atoms with Gasteiger partial charge in [0.05, 0.1) is 27.4 Å². The molecule has 0 saturated carbocycles. The molecule has 7 heteroatoms. The van der Waals surface area contributed by atoms with Crippen molar-refractivity contribution in [2.24, 2.45) is 4.99 Å². The Morgan fingerprint density at radius 2 is 1.68 bits per heavy atom. The Morgan fingerprint density at radius 3 is 2.29 bits per heavy atom. The third-order valence-corrected chi connectivity index (χ3v) is 3.95. The minimum absolute atomic E-state index is 0. The number of benzene rings is 2. The third-order valence-electron chi connectivity index (χ3n) is 3.95. The van der Waals surface area contributed by atoms with Crippen molar-refractivity contribution in [3.05, 3.63) is 47.5 Å². The molecule has 0 saturated heterocycles. The van der Waals surface area contributed by atoms with Gasteiger partial charge in [0.25, 0.3) is 0 Å². The van der Waals surface area contributed by atoms with E-state index in [1.165, 1.54) is 0 Å². The first-order valence-electron chi connectivity index (χ1n) is 9.10. The smallest absolute Gasteiger partial charge is 0.196 e. The van der Waals surface area contributed by atoms with Crippen molar-refractivity contribution >= 4 is 35.6 Å². The van der Waals surface area contributed by atoms with Gasteiger partial charge in [-0.15, -0.1) is 24.0 Å². The van der Waals surface area contributed by atoms with Crippen LogP contribution in [0.25, 0.3) is 0 Å². The predicted octanol–water partition coefficient (Wildman–Crippen LogP) is 4.61. The molecule has 2 aromatic carbocycles. The molecular weight excluding hydrogens is 469 g/mol. The highest BCUT2D eigenvalue weighted by atomic mass is 127. The maximum atomic E-state index is 5.64. The topological polar surface area (TPSA) is 64.1 Å². The number of nitrogens with zero attached hydrogens (tertiary/aromatic N) is 1. The Morgan fingerprint density at radius 1 is 0.964 bits per heavy atom. The number of anilines is 1. The minimum Gasteiger partial charge on any atom is -0.496 e. The predicted molar refractivity (Wildman–Crippen MR) is 126 cm³/mol. The number of aryl methyl sites for hydroxylation is 1. The SMILES string of the molecule is CCNC(=NCc1ccc(OC)c(C)c1)Nc1ccc(OC)c(OCC)c1.I. The lowest BCUT2D eigenvalue weighted by atomic mass is 10.1. The fourth-order valence-corrected chi connectivity index (χ4v) is 2.68. The summed E-state index contributed by atoms with van der Waals surface area (Å²) in [4.78, 5) is 4.68. The van der Waals surface area contributed by atoms with Crippen LogP contribution in [0.4, 0.5) is 5.69 Å². The number of ether oxygens (including phenoxy) is 3. The van der Waals surface area contributed by atoms with Crippen molar-refractivity contribution in [3.63, 3.8) is 0 Å². The maximum absolute atomic E-state index is 5.64. The van der Waals surface area contributed by atoms with Crippen LogP contribution < -0.4 is 24.8 Å². The van der Waals surface area contributed by atoms with E-state index in [0.717, 1.165) is 29.1 Å². The van der Waals surface area contributed by atoms with Crippen LogP contribution in [0.15, 0.2) is 41.4 Å². The lowest BCUT2D eigenvalue weighted by molar-refractivity contribution is 0.311. The van der Waals surface area contributed by atoms with Crippen molar-refractivity contribution < 1.29 is 14.2 Å². The molecule has 0 amide bonds. The number of rotatable bonds is 8. The minimum atomic E-state index is 0. The second-order valence-corrected chi connectivity index (χ2v) is 5.92. The molecule has 0 heterocycles. The quantitative estimate of drug-likeness (QED) is 0.316. The van der Waals surface area contributed by atoms with Gasteiger partial charge in [0.15, 0.2) is 17.5 Å². The van der Waals surface area contributed by atoms with E-state index in [0.29, 0.717) is 30.6 Å². The summed E-state index contributed by atoms with van der Waals surface area (Å²) < 4.78 is 16.3. The van der Waals surface area contributed by atoms with Crippen LogP contribution in [0.1, 0.15) is 25.0 Å². The largest absolute Gasteiger partial charge is 0.496 e. The number of hydrogen-bond acceptors (Lipinski definition) is 4. The molecule has 0 unspecified atom stereocenters. The Kier molecular flexibility index (Phi) is 10.5. The normalized spacial score (nSPS) is 10.7. The second kappa shape index (κ2) is 12.3. The van der Waals surface area contributed by atoms with Gasteiger partial charge < -0.3 is 24.8 Å². The molecular formula is C21H30IN3O3. The molecule has 0 bridgehead atoms. The zero-order valence-corrected chi connectivity index (χ0v) is 19.5. The lowest BCUT2D eigenvalue weighted by Gasteiger charge is -2.14. The van der Waals surface area contributed by atoms with Crippen LogP contribution in [0, 0.1) is 6.92 Å². The maximum Gasteiger partial charge on any atom is 0.196 e. The van der Waals surface area contributed by atoms with E-state index < -0.39 is 0 Å². The molecule has 0 aliphatic carbocycles. The van der Waals surface area contributed by atoms with Crippen molar-refractivity contribution in [2.45, 2.75) is 27.3 Å². The van der Waals surface area contributed by atoms with Crippen molar-refractivity contribution in [3.8, 4) is 17.2 Å². The molecule has 0 spiro atoms. The molecule has 28 heavy (non-hydrogen) atoms. The van der Waals surface area contributed by atoms with Crippen LogP contribution in [0.3, 0.4) is 0 Å². The number of hydrogen-bond donors (Lipinski definition) is 2. The number of nitrogens with one attached hydrogen (secondary N) is 2. The first-order chi connectivity index (χ1) is 13.1. The van der Waals surface area contributed by atoms with Gasteiger partial charge in [-0.1, -0.05) is 12.1 Å². The zero-order valence-electron chi connectivity index (χ0n) is 17.2. The molecule has 2 aromatic rings. The Bertz CT molecular complexity index is 781. The average Bonchev–Trinajstić information content (AvgIpc) is 2.67. The van der Waals surface area contributed by atoms with Crippen LogP contribution >= 0.6 is 24.0 Å². The summed E-state index contributed by atoms with van der Waals surface area (Å²) in [6.07, 6.45) is 0. The second-order valence-electron chi connectivity index (χ2n) is 5.92. The first kappa shape index (κ1) is 23.9. The van der Waals surface area contributed by atoms with Crippen LogP contribution in [-0.4, -0.2) is 33.3 Å². The lowest BCUT2D eigenvalue weighted by Crippen LogP contribution is -2.30. The van der Waals surface area contributed by atoms with Gasteiger partial charge in [0.1, 0.15) is 5.75 Å². The van der Waals surface area contributed by atoms with Gasteiger partial charge in [-0.3, -0.25) is 0 Å². The van der Waals surface area contributed by atoms with Gasteiger partial charge in [-0.2, -0.15) is 0 Å². The van der Waals surface area contributed by atoms with Crippen molar-refractivity contribution in [2.75, 3.05) is 32.7 Å². The van der Waals surface area contributed by atoms with E-state index in [1.54, 1.807) is 14.2 Å². The molecule has 0 aliphatic rings. The van der Waals surface area contributed by atoms with Gasteiger partial charge in [0.2, 0.25) is 0 Å². The highest BCUT2D eigenvalue weighted by Gasteiger charge is 2.07. The van der Waals surface area contributed by atoms with Crippen LogP contribution in [-0.2, 0) is 6.54 Å². The van der Waals surface area contributed by atoms with E-state index in [1.807, 2.05) is 51.1 Å². The van der Waals surface area contributed by atoms with Crippen LogP contribution in [0.5, 0.6) is 17.2 Å². The van der Waals surface area contributed by atoms with Gasteiger partial charge in [-0.25, -0.2) is 4.99 Å². The Labute approximate surface area is 184 Å². The zero-order chi connectivity index (χ0) is 19.6. The molecule has 2 N–H and O–H groups in total. The summed E-state index contributed by atoms with van der Waals surface area (Å²) in [6.45, 7) is 7.92. The summed E-state index contributed by atoms with van der Waals surface area (Å²) >= 11 is 0. The summed E-state index contributed by atoms with van der Waals surface area (Å²) in [7, 11) is 3.31. The molecule has 0 aliphatic heterocycles. The van der Waals surface area contributed by atoms with Gasteiger partial charge in [-0.05, 0) is 50.1 Å². The first-order valence-corrected chi connectivity index (χ1v) is 9.10. The summed E-state index contributed by atoms with van der Waals surface area (Å²) in [6, 6.07) is 11.8. The molecule has 6 nitrogen and oxygen atoms in total. The van der Waals surface area contributed by atoms with Gasteiger partial charge >= 0.3 is 0 Å². The van der Waals surface area contributed by atoms with Gasteiger partial charge in [0, 0.05) is 18.3 Å². The van der Waals surface area contributed by atoms with E-state index in [4.69, 9.17) is 14.2 Å². The number of halogens is 1. The van der Waals surface area contributed by atoms with Crippen LogP contribution in [0.2, 0.25) is 0 Å². The van der Waals surface area contributed by atoms with E-state index >= 15 is 0 Å². The molecule has 0 aromatic heterocycles. The summed E-state index contributed by atoms with van der Waals surface area (Å²) in [5.41, 5.74) is 3.10. The molecule has 2 rings (SSSR count). The third kappa shape index (κ3) is 6.78. The molecule has 0 atom stereocenters. The Balaban J connectivity index is 0.00000392. The number of methoxy groups -OCH3 is 2. The highest BCUT2D eigenvalue weighted by molar-refractivity contribution is 14.0. The average molecular weight is 499 g/mol. The van der Waals surface area contributed by atoms with Crippen molar-refractivity contribution in [1.82, 2.24) is 5.32 Å². The van der Waals surface area contributed by atoms with E-state index in [-0.39, 0.29) is 24.0 Å². The number of aliphatic imine (C=N–C) groups is 1. The Hall–Kier alpha value is -2.16. The fourth-order valence-electron chi connectivity index (χ4n) is 2.68. The van der Waals surface area contributed by atoms with E-state index in [9.17, 15) is 0 Å². The summed E-state index contributed by atoms with van der Waals surface area (Å²) in [5.74, 6) is 3.00. The highest BCUT2D eigenvalue weighted by Crippen LogP contribution is 2.30. The monoisotopic (exact) mass is 499 g/mol. The molecule has 0 radical (unpaired) electrons. The molecule has 154 valence electrons. The standard InChI is InChI=1S/C21H29N3O3.HI/c1-6-22-21(23-14-16-8-10-18(25-4)15(3)12-16)24-17-9-11-19(26-5)20(13-17)27-7-2;/h8-13H,6-7,14H2,1-5H3,(H2,22,23,24);1H. The van der Waals surface area contributed by atoms with E-state index in [2.05, 4.69) is 21.7 Å². The number of guanidine groups is 1. The van der Waals surface area contributed by atoms with Crippen molar-refractivity contribution in [1.29, 1.82) is 0 Å². The summed E-state index contributed by atoms with van der Waals surface area (Å²) in [5, 5.41) is 6.58. The fraction of sp³-hybridized carbons (Fsp3) is 0.381. The molecule has 0 fully saturated rings.